The van der Waals surface area contributed by atoms with Crippen molar-refractivity contribution in [3.05, 3.63) is 59.9 Å². The lowest BCUT2D eigenvalue weighted by atomic mass is 10.2. The van der Waals surface area contributed by atoms with E-state index in [9.17, 15) is 17.6 Å². The van der Waals surface area contributed by atoms with E-state index in [1.807, 2.05) is 0 Å². The van der Waals surface area contributed by atoms with Gasteiger partial charge in [-0.15, -0.1) is 0 Å². The van der Waals surface area contributed by atoms with Crippen LogP contribution in [-0.4, -0.2) is 40.3 Å². The Morgan fingerprint density at radius 2 is 2.00 bits per heavy atom. The molecule has 1 unspecified atom stereocenters. The number of nitrogens with one attached hydrogen (secondary N) is 3. The summed E-state index contributed by atoms with van der Waals surface area (Å²) in [6.07, 6.45) is 1.43. The third-order valence-electron chi connectivity index (χ3n) is 4.47. The topological polar surface area (TPSA) is 92.1 Å². The van der Waals surface area contributed by atoms with Crippen LogP contribution in [0.2, 0.25) is 0 Å². The number of likely N-dealkylation sites (N-methyl/N-ethyl adjacent to an activating group) is 1. The minimum Gasteiger partial charge on any atom is -0.326 e. The van der Waals surface area contributed by atoms with Gasteiger partial charge in [-0.05, 0) is 30.7 Å². The second-order valence-corrected chi connectivity index (χ2v) is 8.70. The Kier molecular flexibility index (Phi) is 6.60. The van der Waals surface area contributed by atoms with Crippen LogP contribution in [0, 0.1) is 5.82 Å². The van der Waals surface area contributed by atoms with Crippen LogP contribution >= 0.6 is 0 Å². The van der Waals surface area contributed by atoms with Gasteiger partial charge in [0.1, 0.15) is 18.2 Å². The molecule has 0 saturated carbocycles. The predicted octanol–water partition coefficient (Wildman–Crippen LogP) is 0.950. The quantitative estimate of drug-likeness (QED) is 0.624. The van der Waals surface area contributed by atoms with Crippen LogP contribution < -0.4 is 14.9 Å². The van der Waals surface area contributed by atoms with Crippen molar-refractivity contribution in [1.82, 2.24) is 4.72 Å². The number of rotatable bonds is 7. The number of anilines is 1. The Morgan fingerprint density at radius 3 is 2.72 bits per heavy atom. The highest BCUT2D eigenvalue weighted by molar-refractivity contribution is 7.90. The average Bonchev–Trinajstić information content (AvgIpc) is 3.16. The molecule has 29 heavy (non-hydrogen) atoms. The van der Waals surface area contributed by atoms with Gasteiger partial charge in [-0.3, -0.25) is 14.5 Å². The van der Waals surface area contributed by atoms with Crippen LogP contribution in [0.1, 0.15) is 18.4 Å². The van der Waals surface area contributed by atoms with E-state index in [0.29, 0.717) is 36.6 Å². The second-order valence-electron chi connectivity index (χ2n) is 7.02. The van der Waals surface area contributed by atoms with Gasteiger partial charge >= 0.3 is 0 Å². The van der Waals surface area contributed by atoms with Crippen molar-refractivity contribution in [3.63, 3.8) is 0 Å². The number of nitrogens with zero attached hydrogens (tertiary/aromatic N) is 1. The van der Waals surface area contributed by atoms with E-state index < -0.39 is 10.0 Å². The van der Waals surface area contributed by atoms with Gasteiger partial charge < -0.3 is 10.2 Å². The Hall–Kier alpha value is -2.78. The fourth-order valence-corrected chi connectivity index (χ4v) is 4.22. The molecule has 0 radical (unpaired) electrons. The summed E-state index contributed by atoms with van der Waals surface area (Å²) in [6.45, 7) is 1.09. The lowest BCUT2D eigenvalue weighted by molar-refractivity contribution is -0.885. The summed E-state index contributed by atoms with van der Waals surface area (Å²) in [6, 6.07) is 12.5. The first-order chi connectivity index (χ1) is 13.8. The molecule has 1 aliphatic heterocycles. The molecule has 1 atom stereocenters. The van der Waals surface area contributed by atoms with Crippen molar-refractivity contribution < 1.29 is 22.5 Å². The maximum absolute atomic E-state index is 13.8. The first kappa shape index (κ1) is 20.9. The standard InChI is InChI=1S/C20H23FN4O3S/c1-25(13-15-6-2-3-9-18(15)21)14-20(26)23-16-7-4-8-17(12-16)29(27,28)24-19-10-5-11-22-19/h2-4,6-9,12H,5,10-11,13-14H2,1H3,(H,22,24)(H,23,26)/p+1. The average molecular weight is 420 g/mol. The van der Waals surface area contributed by atoms with E-state index in [1.54, 1.807) is 37.4 Å². The number of amides is 1. The normalized spacial score (nSPS) is 14.9. The van der Waals surface area contributed by atoms with Gasteiger partial charge in [-0.1, -0.05) is 24.3 Å². The van der Waals surface area contributed by atoms with Crippen LogP contribution in [0.4, 0.5) is 10.1 Å². The molecule has 0 saturated heterocycles. The van der Waals surface area contributed by atoms with E-state index in [-0.39, 0.29) is 23.2 Å². The summed E-state index contributed by atoms with van der Waals surface area (Å²) in [5.74, 6) is -0.135. The summed E-state index contributed by atoms with van der Waals surface area (Å²) in [5.41, 5.74) is 0.914. The van der Waals surface area contributed by atoms with Crippen LogP contribution in [-0.2, 0) is 21.4 Å². The summed E-state index contributed by atoms with van der Waals surface area (Å²) in [4.78, 5) is 17.3. The number of hydrogen-bond donors (Lipinski definition) is 3. The smallest absolute Gasteiger partial charge is 0.279 e. The van der Waals surface area contributed by atoms with Crippen molar-refractivity contribution in [1.29, 1.82) is 0 Å². The number of sulfonamides is 1. The monoisotopic (exact) mass is 419 g/mol. The number of carbonyl (C=O) groups is 1. The first-order valence-electron chi connectivity index (χ1n) is 9.34. The van der Waals surface area contributed by atoms with Gasteiger partial charge in [-0.2, -0.15) is 0 Å². The minimum atomic E-state index is -3.75. The zero-order valence-corrected chi connectivity index (χ0v) is 16.9. The molecule has 0 spiro atoms. The number of aliphatic imine (C=N–C) groups is 1. The molecule has 3 rings (SSSR count). The molecule has 9 heteroatoms. The fourth-order valence-electron chi connectivity index (χ4n) is 3.09. The van der Waals surface area contributed by atoms with Crippen LogP contribution in [0.3, 0.4) is 0 Å². The molecule has 2 aromatic rings. The Labute approximate surface area is 169 Å². The number of hydrogen-bond acceptors (Lipinski definition) is 4. The summed E-state index contributed by atoms with van der Waals surface area (Å²) in [5, 5.41) is 2.70. The third kappa shape index (κ3) is 5.85. The van der Waals surface area contributed by atoms with Crippen molar-refractivity contribution in [2.45, 2.75) is 24.3 Å². The van der Waals surface area contributed by atoms with Gasteiger partial charge in [0.25, 0.3) is 15.9 Å². The minimum absolute atomic E-state index is 0.0527. The molecule has 1 aliphatic rings. The number of carbonyl (C=O) groups excluding carboxylic acids is 1. The maximum atomic E-state index is 13.8. The van der Waals surface area contributed by atoms with Crippen molar-refractivity contribution in [2.24, 2.45) is 4.99 Å². The third-order valence-corrected chi connectivity index (χ3v) is 5.85. The largest absolute Gasteiger partial charge is 0.326 e. The van der Waals surface area contributed by atoms with Gasteiger partial charge in [0.05, 0.1) is 11.9 Å². The zero-order valence-electron chi connectivity index (χ0n) is 16.1. The lowest BCUT2D eigenvalue weighted by Gasteiger charge is -2.15. The van der Waals surface area contributed by atoms with Crippen molar-refractivity contribution in [2.75, 3.05) is 25.5 Å². The molecule has 0 bridgehead atoms. The van der Waals surface area contributed by atoms with Gasteiger partial charge in [-0.25, -0.2) is 12.8 Å². The zero-order chi connectivity index (χ0) is 20.9. The molecule has 7 nitrogen and oxygen atoms in total. The molecule has 0 fully saturated rings. The Morgan fingerprint density at radius 1 is 1.21 bits per heavy atom. The summed E-state index contributed by atoms with van der Waals surface area (Å²) in [7, 11) is -1.96. The second kappa shape index (κ2) is 9.15. The molecule has 0 aromatic heterocycles. The van der Waals surface area contributed by atoms with Gasteiger partial charge in [0, 0.05) is 24.2 Å². The van der Waals surface area contributed by atoms with E-state index >= 15 is 0 Å². The maximum Gasteiger partial charge on any atom is 0.279 e. The number of amidine groups is 1. The molecular formula is C20H24FN4O3S+. The Bertz CT molecular complexity index is 1020. The van der Waals surface area contributed by atoms with Crippen LogP contribution in [0.5, 0.6) is 0 Å². The van der Waals surface area contributed by atoms with Crippen LogP contribution in [0.15, 0.2) is 58.4 Å². The molecule has 1 heterocycles. The summed E-state index contributed by atoms with van der Waals surface area (Å²) < 4.78 is 41.2. The van der Waals surface area contributed by atoms with Crippen molar-refractivity contribution in [3.8, 4) is 0 Å². The molecule has 1 amide bonds. The lowest BCUT2D eigenvalue weighted by Crippen LogP contribution is -3.08. The molecular weight excluding hydrogens is 395 g/mol. The predicted molar refractivity (Wildman–Crippen MR) is 109 cm³/mol. The molecule has 2 aromatic carbocycles. The highest BCUT2D eigenvalue weighted by Gasteiger charge is 2.19. The highest BCUT2D eigenvalue weighted by atomic mass is 32.2. The number of benzene rings is 2. The number of halogens is 1. The fraction of sp³-hybridized carbons (Fsp3) is 0.300. The van der Waals surface area contributed by atoms with E-state index in [0.717, 1.165) is 11.3 Å². The summed E-state index contributed by atoms with van der Waals surface area (Å²) >= 11 is 0. The van der Waals surface area contributed by atoms with E-state index in [4.69, 9.17) is 0 Å². The SMILES string of the molecule is C[NH+](CC(=O)Nc1cccc(S(=O)(=O)NC2=NCCC2)c1)Cc1ccccc1F. The highest BCUT2D eigenvalue weighted by Crippen LogP contribution is 2.16. The van der Waals surface area contributed by atoms with E-state index in [1.165, 1.54) is 18.2 Å². The van der Waals surface area contributed by atoms with Crippen LogP contribution in [0.25, 0.3) is 0 Å². The Balaban J connectivity index is 1.60. The molecule has 0 aliphatic carbocycles. The first-order valence-corrected chi connectivity index (χ1v) is 10.8. The molecule has 154 valence electrons. The van der Waals surface area contributed by atoms with Gasteiger partial charge in [0.15, 0.2) is 6.54 Å². The van der Waals surface area contributed by atoms with E-state index in [2.05, 4.69) is 15.0 Å². The van der Waals surface area contributed by atoms with Gasteiger partial charge in [0.2, 0.25) is 0 Å². The molecule has 3 N–H and O–H groups in total. The van der Waals surface area contributed by atoms with Crippen molar-refractivity contribution >= 4 is 27.5 Å². The number of quaternary nitrogens is 1.